The van der Waals surface area contributed by atoms with E-state index in [4.69, 9.17) is 0 Å². The van der Waals surface area contributed by atoms with E-state index in [2.05, 4.69) is 0 Å². The lowest BCUT2D eigenvalue weighted by molar-refractivity contribution is 0.389. The first kappa shape index (κ1) is 11.9. The van der Waals surface area contributed by atoms with Crippen LogP contribution in [-0.4, -0.2) is 13.3 Å². The van der Waals surface area contributed by atoms with Crippen LogP contribution >= 0.6 is 0 Å². The minimum atomic E-state index is -5.18. The molecule has 0 unspecified atom stereocenters. The van der Waals surface area contributed by atoms with Gasteiger partial charge in [0, 0.05) is 0 Å². The summed E-state index contributed by atoms with van der Waals surface area (Å²) in [6, 6.07) is 11.8. The Morgan fingerprint density at radius 2 is 1.47 bits per heavy atom. The van der Waals surface area contributed by atoms with Gasteiger partial charge in [0.05, 0.1) is 9.79 Å². The highest BCUT2D eigenvalue weighted by molar-refractivity contribution is 8.10. The highest BCUT2D eigenvalue weighted by atomic mass is 32.3. The third-order valence-corrected chi connectivity index (χ3v) is 4.61. The van der Waals surface area contributed by atoms with Gasteiger partial charge in [0.1, 0.15) is 15.4 Å². The fourth-order valence-corrected chi connectivity index (χ4v) is 3.07. The average molecular weight is 254 g/mol. The van der Waals surface area contributed by atoms with Crippen LogP contribution in [0.15, 0.2) is 64.4 Å². The molecule has 0 aliphatic carbocycles. The van der Waals surface area contributed by atoms with Crippen molar-refractivity contribution in [1.29, 1.82) is 0 Å². The Morgan fingerprint density at radius 3 is 2.06 bits per heavy atom. The van der Waals surface area contributed by atoms with Gasteiger partial charge in [-0.1, -0.05) is 24.3 Å². The summed E-state index contributed by atoms with van der Waals surface area (Å²) in [5.74, 6) is -0.680. The van der Waals surface area contributed by atoms with Gasteiger partial charge in [0.2, 0.25) is 0 Å². The molecule has 2 rings (SSSR count). The fraction of sp³-hybridized carbons (Fsp3) is 0. The van der Waals surface area contributed by atoms with Crippen molar-refractivity contribution in [2.45, 2.75) is 9.79 Å². The second-order valence-corrected chi connectivity index (χ2v) is 6.31. The molecule has 0 radical (unpaired) electrons. The van der Waals surface area contributed by atoms with E-state index >= 15 is 0 Å². The summed E-state index contributed by atoms with van der Waals surface area (Å²) in [6.07, 6.45) is 0. The van der Waals surface area contributed by atoms with Gasteiger partial charge in [-0.05, 0) is 30.3 Å². The first-order chi connectivity index (χ1) is 7.88. The van der Waals surface area contributed by atoms with E-state index in [1.54, 1.807) is 6.07 Å². The molecule has 0 heterocycles. The van der Waals surface area contributed by atoms with Gasteiger partial charge in [0.25, 0.3) is 0 Å². The largest absolute Gasteiger partial charge is 0.301 e. The van der Waals surface area contributed by atoms with E-state index in [1.807, 2.05) is 0 Å². The maximum absolute atomic E-state index is 13.0. The molecule has 0 fully saturated rings. The zero-order valence-electron chi connectivity index (χ0n) is 8.79. The predicted molar refractivity (Wildman–Crippen MR) is 62.8 cm³/mol. The van der Waals surface area contributed by atoms with Crippen LogP contribution in [0.3, 0.4) is 0 Å². The van der Waals surface area contributed by atoms with Crippen molar-refractivity contribution in [2.75, 3.05) is 0 Å². The monoisotopic (exact) mass is 254 g/mol. The highest BCUT2D eigenvalue weighted by Gasteiger charge is 2.35. The van der Waals surface area contributed by atoms with Crippen molar-refractivity contribution >= 4 is 9.63 Å². The molecule has 2 aromatic carbocycles. The summed E-state index contributed by atoms with van der Waals surface area (Å²) in [5.41, 5.74) is 0. The van der Waals surface area contributed by atoms with Crippen LogP contribution in [0.2, 0.25) is 0 Å². The molecule has 2 aromatic rings. The molecular weight excluding hydrogens is 243 g/mol. The van der Waals surface area contributed by atoms with E-state index in [1.165, 1.54) is 36.4 Å². The normalized spacial score (nSPS) is 13.9. The van der Waals surface area contributed by atoms with E-state index in [-0.39, 0.29) is 9.79 Å². The van der Waals surface area contributed by atoms with Crippen LogP contribution < -0.4 is 0 Å². The molecule has 5 heteroatoms. The topological polar surface area (TPSA) is 57.5 Å². The van der Waals surface area contributed by atoms with Crippen molar-refractivity contribution < 1.29 is 17.7 Å². The van der Waals surface area contributed by atoms with Crippen molar-refractivity contribution in [1.82, 2.24) is 0 Å². The van der Waals surface area contributed by atoms with E-state index in [0.29, 0.717) is 0 Å². The number of halogens is 1. The van der Waals surface area contributed by atoms with Crippen LogP contribution in [0, 0.1) is 5.82 Å². The summed E-state index contributed by atoms with van der Waals surface area (Å²) in [6.45, 7) is 0. The lowest BCUT2D eigenvalue weighted by Crippen LogP contribution is -2.31. The number of rotatable bonds is 2. The summed E-state index contributed by atoms with van der Waals surface area (Å²) in [5, 5.41) is 0. The molecule has 0 amide bonds. The Labute approximate surface area is 98.0 Å². The molecule has 0 spiro atoms. The molecule has 0 bridgehead atoms. The number of hydrogen-bond donors (Lipinski definition) is 2. The summed E-state index contributed by atoms with van der Waals surface area (Å²) in [7, 11) is -5.18. The Balaban J connectivity index is 2.67. The van der Waals surface area contributed by atoms with Gasteiger partial charge in [-0.2, -0.15) is 0 Å². The average Bonchev–Trinajstić information content (AvgIpc) is 2.30. The fourth-order valence-electron chi connectivity index (χ4n) is 1.50. The molecule has 17 heavy (non-hydrogen) atoms. The molecule has 0 saturated carbocycles. The number of benzene rings is 2. The molecule has 0 saturated heterocycles. The third-order valence-electron chi connectivity index (χ3n) is 2.39. The molecule has 0 aromatic heterocycles. The third kappa shape index (κ3) is 2.12. The van der Waals surface area contributed by atoms with Gasteiger partial charge in [-0.3, -0.25) is 0 Å². The summed E-state index contributed by atoms with van der Waals surface area (Å²) >= 11 is 0. The maximum atomic E-state index is 13.0. The standard InChI is InChI=1S/C12H11FO3S/c13-10-5-4-8-12(9-10)17(14,15,16)11-6-2-1-3-7-11/h1-9H,(H2,14,15,16). The van der Waals surface area contributed by atoms with Crippen molar-refractivity contribution in [3.63, 3.8) is 0 Å². The predicted octanol–water partition coefficient (Wildman–Crippen LogP) is 3.01. The van der Waals surface area contributed by atoms with Gasteiger partial charge < -0.3 is 9.11 Å². The van der Waals surface area contributed by atoms with Crippen LogP contribution in [0.4, 0.5) is 4.39 Å². The lowest BCUT2D eigenvalue weighted by Gasteiger charge is -2.31. The van der Waals surface area contributed by atoms with Gasteiger partial charge in [-0.15, -0.1) is 0 Å². The minimum absolute atomic E-state index is 0.157. The van der Waals surface area contributed by atoms with Crippen LogP contribution in [-0.2, 0) is 9.63 Å². The lowest BCUT2D eigenvalue weighted by atomic mass is 10.3. The Bertz CT molecular complexity index is 604. The molecule has 0 aliphatic rings. The van der Waals surface area contributed by atoms with E-state index in [0.717, 1.165) is 12.1 Å². The first-order valence-corrected chi connectivity index (χ1v) is 6.74. The second kappa shape index (κ2) is 3.73. The van der Waals surface area contributed by atoms with Crippen molar-refractivity contribution in [3.05, 3.63) is 60.4 Å². The van der Waals surface area contributed by atoms with E-state index < -0.39 is 15.4 Å². The van der Waals surface area contributed by atoms with Crippen LogP contribution in [0.25, 0.3) is 0 Å². The Morgan fingerprint density at radius 1 is 0.882 bits per heavy atom. The molecule has 2 N–H and O–H groups in total. The summed E-state index contributed by atoms with van der Waals surface area (Å²) in [4.78, 5) is -0.511. The Kier molecular flexibility index (Phi) is 2.61. The van der Waals surface area contributed by atoms with Gasteiger partial charge in [-0.25, -0.2) is 8.60 Å². The SMILES string of the molecule is O=S(O)(O)(c1ccccc1)c1cccc(F)c1. The second-order valence-electron chi connectivity index (χ2n) is 3.64. The number of hydrogen-bond acceptors (Lipinski definition) is 1. The van der Waals surface area contributed by atoms with Crippen LogP contribution in [0.5, 0.6) is 0 Å². The zero-order chi connectivity index (χ0) is 12.5. The van der Waals surface area contributed by atoms with Crippen molar-refractivity contribution in [2.24, 2.45) is 0 Å². The molecule has 0 atom stereocenters. The molecule has 90 valence electrons. The van der Waals surface area contributed by atoms with Gasteiger partial charge >= 0.3 is 0 Å². The molecule has 3 nitrogen and oxygen atoms in total. The molecule has 0 aliphatic heterocycles. The quantitative estimate of drug-likeness (QED) is 0.866. The van der Waals surface area contributed by atoms with Gasteiger partial charge in [0.15, 0.2) is 0 Å². The smallest absolute Gasteiger partial charge is 0.135 e. The highest BCUT2D eigenvalue weighted by Crippen LogP contribution is 2.37. The van der Waals surface area contributed by atoms with Crippen molar-refractivity contribution in [3.8, 4) is 0 Å². The summed E-state index contributed by atoms with van der Waals surface area (Å²) < 4.78 is 45.3. The zero-order valence-corrected chi connectivity index (χ0v) is 9.60. The maximum Gasteiger partial charge on any atom is 0.135 e. The van der Waals surface area contributed by atoms with E-state index in [9.17, 15) is 17.7 Å². The first-order valence-electron chi connectivity index (χ1n) is 4.86. The van der Waals surface area contributed by atoms with Crippen LogP contribution in [0.1, 0.15) is 0 Å². The minimum Gasteiger partial charge on any atom is -0.301 e. The Hall–Kier alpha value is -1.56. The molecular formula is C12H11FO3S.